The summed E-state index contributed by atoms with van der Waals surface area (Å²) in [6, 6.07) is 6.92. The summed E-state index contributed by atoms with van der Waals surface area (Å²) in [4.78, 5) is 41.1. The van der Waals surface area contributed by atoms with Crippen LogP contribution in [0.2, 0.25) is 0 Å². The lowest BCUT2D eigenvalue weighted by molar-refractivity contribution is 0.0958. The number of piperazine rings is 1. The molecule has 1 fully saturated rings. The predicted molar refractivity (Wildman–Crippen MR) is 144 cm³/mol. The molecule has 0 unspecified atom stereocenters. The summed E-state index contributed by atoms with van der Waals surface area (Å²) in [5.41, 5.74) is -1.61. The summed E-state index contributed by atoms with van der Waals surface area (Å²) in [5, 5.41) is 4.94. The maximum atomic E-state index is 15.5. The molecule has 40 heavy (non-hydrogen) atoms. The number of hydrogen-bond acceptors (Lipinski definition) is 5. The van der Waals surface area contributed by atoms with E-state index in [9.17, 15) is 27.6 Å². The number of alkyl halides is 2. The quantitative estimate of drug-likeness (QED) is 0.446. The summed E-state index contributed by atoms with van der Waals surface area (Å²) >= 11 is 0. The predicted octanol–water partition coefficient (Wildman–Crippen LogP) is 4.02. The molecule has 1 aliphatic rings. The fourth-order valence-electron chi connectivity index (χ4n) is 4.62. The molecule has 1 aliphatic heterocycles. The van der Waals surface area contributed by atoms with Gasteiger partial charge in [-0.3, -0.25) is 14.4 Å². The number of halogens is 4. The first-order chi connectivity index (χ1) is 18.9. The normalized spacial score (nSPS) is 15.8. The maximum Gasteiger partial charge on any atom is 0.264 e. The van der Waals surface area contributed by atoms with E-state index in [0.29, 0.717) is 31.4 Å². The molecule has 1 atom stereocenters. The second kappa shape index (κ2) is 11.5. The van der Waals surface area contributed by atoms with Gasteiger partial charge < -0.3 is 25.0 Å². The van der Waals surface area contributed by atoms with E-state index in [1.54, 1.807) is 0 Å². The third kappa shape index (κ3) is 5.71. The minimum atomic E-state index is -3.09. The van der Waals surface area contributed by atoms with Crippen molar-refractivity contribution in [2.24, 2.45) is 7.05 Å². The van der Waals surface area contributed by atoms with Crippen LogP contribution in [-0.4, -0.2) is 61.1 Å². The smallest absolute Gasteiger partial charge is 0.264 e. The minimum absolute atomic E-state index is 0.0712. The van der Waals surface area contributed by atoms with Gasteiger partial charge >= 0.3 is 0 Å². The second-order valence-corrected chi connectivity index (χ2v) is 9.75. The Hall–Kier alpha value is -4.19. The lowest BCUT2D eigenvalue weighted by Crippen LogP contribution is -2.50. The van der Waals surface area contributed by atoms with E-state index >= 15 is 4.39 Å². The van der Waals surface area contributed by atoms with Gasteiger partial charge in [0.1, 0.15) is 11.6 Å². The van der Waals surface area contributed by atoms with Crippen LogP contribution in [0.4, 0.5) is 28.9 Å². The number of anilines is 2. The molecule has 0 radical (unpaired) electrons. The van der Waals surface area contributed by atoms with Crippen molar-refractivity contribution in [3.8, 4) is 11.1 Å². The summed E-state index contributed by atoms with van der Waals surface area (Å²) in [6.45, 7) is 3.64. The van der Waals surface area contributed by atoms with Crippen LogP contribution in [0, 0.1) is 11.6 Å². The zero-order valence-electron chi connectivity index (χ0n) is 22.4. The van der Waals surface area contributed by atoms with Gasteiger partial charge in [0.15, 0.2) is 0 Å². The third-order valence-electron chi connectivity index (χ3n) is 7.13. The number of carbonyl (C=O) groups excluding carboxylic acids is 2. The van der Waals surface area contributed by atoms with Crippen LogP contribution in [0.1, 0.15) is 39.6 Å². The Bertz CT molecular complexity index is 1520. The average Bonchev–Trinajstić information content (AvgIpc) is 2.91. The molecule has 2 heterocycles. The molecule has 0 bridgehead atoms. The highest BCUT2D eigenvalue weighted by atomic mass is 19.3. The average molecular weight is 560 g/mol. The molecule has 2 amide bonds. The van der Waals surface area contributed by atoms with E-state index in [1.807, 2.05) is 18.9 Å². The van der Waals surface area contributed by atoms with E-state index in [1.165, 1.54) is 38.4 Å². The van der Waals surface area contributed by atoms with Crippen molar-refractivity contribution in [1.29, 1.82) is 0 Å². The Balaban J connectivity index is 1.82. The number of amides is 2. The molecule has 2 N–H and O–H groups in total. The standard InChI is InChI=1S/C28H29F4N5O3/c1-15-13-37(8-7-35(15)3)24-12-22(30)18(16-5-6-17(21(29)9-16)27(39)33-2)10-23(24)34-28(40)20-14-36(4)25(38)11-19(20)26(31)32/h5-6,9-12,14-15,26H,7-8,13H2,1-4H3,(H,33,39)(H,34,40)/t15-/m0/s1. The Labute approximate surface area is 228 Å². The van der Waals surface area contributed by atoms with Gasteiger partial charge in [-0.15, -0.1) is 0 Å². The van der Waals surface area contributed by atoms with Gasteiger partial charge in [0, 0.05) is 63.2 Å². The molecular weight excluding hydrogens is 530 g/mol. The van der Waals surface area contributed by atoms with Crippen molar-refractivity contribution in [3.05, 3.63) is 81.3 Å². The van der Waals surface area contributed by atoms with Gasteiger partial charge in [-0.25, -0.2) is 17.6 Å². The summed E-state index contributed by atoms with van der Waals surface area (Å²) in [6.07, 6.45) is -2.06. The maximum absolute atomic E-state index is 15.5. The number of nitrogens with one attached hydrogen (secondary N) is 2. The number of nitrogens with zero attached hydrogens (tertiary/aromatic N) is 3. The van der Waals surface area contributed by atoms with Gasteiger partial charge in [0.2, 0.25) is 0 Å². The van der Waals surface area contributed by atoms with Crippen LogP contribution < -0.4 is 21.1 Å². The lowest BCUT2D eigenvalue weighted by atomic mass is 10.00. The minimum Gasteiger partial charge on any atom is -0.367 e. The zero-order valence-corrected chi connectivity index (χ0v) is 22.4. The first-order valence-corrected chi connectivity index (χ1v) is 12.5. The highest BCUT2D eigenvalue weighted by Gasteiger charge is 2.27. The summed E-state index contributed by atoms with van der Waals surface area (Å²) < 4.78 is 58.7. The number of aryl methyl sites for hydroxylation is 1. The van der Waals surface area contributed by atoms with E-state index in [-0.39, 0.29) is 28.4 Å². The first-order valence-electron chi connectivity index (χ1n) is 12.5. The number of rotatable bonds is 6. The molecule has 0 spiro atoms. The van der Waals surface area contributed by atoms with Crippen LogP contribution in [0.5, 0.6) is 0 Å². The van der Waals surface area contributed by atoms with Crippen molar-refractivity contribution < 1.29 is 27.2 Å². The molecule has 0 aliphatic carbocycles. The van der Waals surface area contributed by atoms with Crippen molar-refractivity contribution >= 4 is 23.2 Å². The molecule has 4 rings (SSSR count). The fourth-order valence-corrected chi connectivity index (χ4v) is 4.62. The fraction of sp³-hybridized carbons (Fsp3) is 0.321. The van der Waals surface area contributed by atoms with Crippen LogP contribution in [-0.2, 0) is 7.05 Å². The number of hydrogen-bond donors (Lipinski definition) is 2. The molecule has 2 aromatic carbocycles. The van der Waals surface area contributed by atoms with Crippen LogP contribution >= 0.6 is 0 Å². The SMILES string of the molecule is CNC(=O)c1ccc(-c2cc(NC(=O)c3cn(C)c(=O)cc3C(F)F)c(N3CCN(C)[C@@H](C)C3)cc2F)cc1F. The highest BCUT2D eigenvalue weighted by molar-refractivity contribution is 6.07. The van der Waals surface area contributed by atoms with E-state index in [0.717, 1.165) is 16.8 Å². The molecule has 1 aromatic heterocycles. The summed E-state index contributed by atoms with van der Waals surface area (Å²) in [5.74, 6) is -3.15. The van der Waals surface area contributed by atoms with Crippen LogP contribution in [0.25, 0.3) is 11.1 Å². The van der Waals surface area contributed by atoms with Crippen molar-refractivity contribution in [2.45, 2.75) is 19.4 Å². The van der Waals surface area contributed by atoms with Crippen LogP contribution in [0.15, 0.2) is 47.4 Å². The second-order valence-electron chi connectivity index (χ2n) is 9.75. The molecule has 3 aromatic rings. The van der Waals surface area contributed by atoms with Crippen molar-refractivity contribution in [2.75, 3.05) is 43.9 Å². The number of carbonyl (C=O) groups is 2. The Morgan fingerprint density at radius 1 is 0.975 bits per heavy atom. The monoisotopic (exact) mass is 559 g/mol. The Kier molecular flexibility index (Phi) is 8.29. The van der Waals surface area contributed by atoms with E-state index in [4.69, 9.17) is 0 Å². The van der Waals surface area contributed by atoms with Gasteiger partial charge in [0.05, 0.1) is 22.5 Å². The Morgan fingerprint density at radius 2 is 1.70 bits per heavy atom. The number of aromatic nitrogens is 1. The van der Waals surface area contributed by atoms with Gasteiger partial charge in [-0.2, -0.15) is 0 Å². The number of likely N-dealkylation sites (N-methyl/N-ethyl adjacent to an activating group) is 1. The summed E-state index contributed by atoms with van der Waals surface area (Å²) in [7, 11) is 4.64. The van der Waals surface area contributed by atoms with Gasteiger partial charge in [0.25, 0.3) is 23.8 Å². The molecular formula is C28H29F4N5O3. The van der Waals surface area contributed by atoms with E-state index < -0.39 is 46.6 Å². The third-order valence-corrected chi connectivity index (χ3v) is 7.13. The van der Waals surface area contributed by atoms with Crippen molar-refractivity contribution in [3.63, 3.8) is 0 Å². The van der Waals surface area contributed by atoms with E-state index in [2.05, 4.69) is 15.5 Å². The highest BCUT2D eigenvalue weighted by Crippen LogP contribution is 2.36. The first kappa shape index (κ1) is 28.8. The number of pyridine rings is 1. The van der Waals surface area contributed by atoms with Gasteiger partial charge in [-0.05, 0) is 43.8 Å². The zero-order chi connectivity index (χ0) is 29.3. The Morgan fingerprint density at radius 3 is 2.33 bits per heavy atom. The largest absolute Gasteiger partial charge is 0.367 e. The van der Waals surface area contributed by atoms with Crippen molar-refractivity contribution in [1.82, 2.24) is 14.8 Å². The molecule has 1 saturated heterocycles. The lowest BCUT2D eigenvalue weighted by Gasteiger charge is -2.39. The molecule has 0 saturated carbocycles. The van der Waals surface area contributed by atoms with Gasteiger partial charge in [-0.1, -0.05) is 6.07 Å². The molecule has 212 valence electrons. The molecule has 8 nitrogen and oxygen atoms in total. The number of benzene rings is 2. The molecule has 12 heteroatoms. The topological polar surface area (TPSA) is 86.7 Å². The van der Waals surface area contributed by atoms with Crippen LogP contribution in [0.3, 0.4) is 0 Å².